The van der Waals surface area contributed by atoms with Crippen molar-refractivity contribution < 1.29 is 19.2 Å². The molecule has 2 aromatic rings. The second-order valence-corrected chi connectivity index (χ2v) is 13.2. The van der Waals surface area contributed by atoms with Gasteiger partial charge in [0.1, 0.15) is 0 Å². The highest BCUT2D eigenvalue weighted by Crippen LogP contribution is 2.71. The van der Waals surface area contributed by atoms with Crippen LogP contribution in [0.5, 0.6) is 0 Å². The first-order valence-electron chi connectivity index (χ1n) is 14.3. The van der Waals surface area contributed by atoms with Gasteiger partial charge in [0.25, 0.3) is 0 Å². The highest BCUT2D eigenvalue weighted by Gasteiger charge is 2.67. The van der Waals surface area contributed by atoms with Crippen LogP contribution >= 0.6 is 0 Å². The minimum absolute atomic E-state index is 0.00214. The highest BCUT2D eigenvalue weighted by molar-refractivity contribution is 6.24. The zero-order valence-corrected chi connectivity index (χ0v) is 25.5. The average Bonchev–Trinajstić information content (AvgIpc) is 2.89. The lowest BCUT2D eigenvalue weighted by atomic mass is 9.37. The quantitative estimate of drug-likeness (QED) is 0.294. The van der Waals surface area contributed by atoms with Gasteiger partial charge in [-0.25, -0.2) is 0 Å². The summed E-state index contributed by atoms with van der Waals surface area (Å²) in [6.07, 6.45) is 0.646. The van der Waals surface area contributed by atoms with Crippen LogP contribution in [0.4, 0.5) is 0 Å². The van der Waals surface area contributed by atoms with E-state index in [1.54, 1.807) is 6.92 Å². The Morgan fingerprint density at radius 2 is 1.45 bits per heavy atom. The second kappa shape index (κ2) is 8.80. The number of carbonyl (C=O) groups excluding carboxylic acids is 4. The third-order valence-corrected chi connectivity index (χ3v) is 11.7. The largest absolute Gasteiger partial charge is 0.295 e. The monoisotopic (exact) mass is 536 g/mol. The summed E-state index contributed by atoms with van der Waals surface area (Å²) in [5.74, 6) is -0.292. The molecule has 0 aliphatic heterocycles. The van der Waals surface area contributed by atoms with Crippen molar-refractivity contribution in [3.05, 3.63) is 80.9 Å². The van der Waals surface area contributed by atoms with E-state index in [9.17, 15) is 19.2 Å². The van der Waals surface area contributed by atoms with Gasteiger partial charge in [-0.15, -0.1) is 0 Å². The Morgan fingerprint density at radius 3 is 2.00 bits per heavy atom. The maximum Gasteiger partial charge on any atom is 0.190 e. The Labute approximate surface area is 237 Å². The summed E-state index contributed by atoms with van der Waals surface area (Å²) in [4.78, 5) is 53.4. The first-order valence-corrected chi connectivity index (χ1v) is 14.3. The fraction of sp³-hybridized carbons (Fsp3) is 0.444. The summed E-state index contributed by atoms with van der Waals surface area (Å²) in [5, 5.41) is 0. The lowest BCUT2D eigenvalue weighted by Crippen LogP contribution is -2.62. The summed E-state index contributed by atoms with van der Waals surface area (Å²) in [5.41, 5.74) is 6.07. The minimum atomic E-state index is -0.956. The highest BCUT2D eigenvalue weighted by atomic mass is 16.2. The van der Waals surface area contributed by atoms with Gasteiger partial charge in [0, 0.05) is 22.1 Å². The Morgan fingerprint density at radius 1 is 0.850 bits per heavy atom. The maximum atomic E-state index is 14.7. The average molecular weight is 537 g/mol. The molecular weight excluding hydrogens is 496 g/mol. The van der Waals surface area contributed by atoms with Crippen LogP contribution in [-0.4, -0.2) is 23.1 Å². The van der Waals surface area contributed by atoms with Crippen LogP contribution in [0, 0.1) is 29.1 Å². The molecule has 3 aliphatic carbocycles. The van der Waals surface area contributed by atoms with Crippen molar-refractivity contribution in [1.29, 1.82) is 0 Å². The van der Waals surface area contributed by atoms with Crippen molar-refractivity contribution in [2.45, 2.75) is 81.6 Å². The van der Waals surface area contributed by atoms with Gasteiger partial charge in [0.05, 0.1) is 11.0 Å². The molecule has 40 heavy (non-hydrogen) atoms. The number of benzene rings is 2. The van der Waals surface area contributed by atoms with E-state index >= 15 is 0 Å². The summed E-state index contributed by atoms with van der Waals surface area (Å²) < 4.78 is 0. The van der Waals surface area contributed by atoms with Crippen molar-refractivity contribution in [3.8, 4) is 11.1 Å². The van der Waals surface area contributed by atoms with Gasteiger partial charge in [0.2, 0.25) is 0 Å². The molecule has 4 heteroatoms. The SMILES string of the molecule is CC(=O)C1=C(C)C[C@@]2(C)[C@H](C)[C@]3(C)C(=C(C)[C@@]2(C)C1=O)C(=O)c1c(ccc(-c2ccc(C(C)=O)cc2)c1C)[C@H]3C. The molecule has 208 valence electrons. The number of ketones is 4. The molecule has 0 radical (unpaired) electrons. The van der Waals surface area contributed by atoms with Crippen molar-refractivity contribution in [1.82, 2.24) is 0 Å². The van der Waals surface area contributed by atoms with Gasteiger partial charge < -0.3 is 0 Å². The molecule has 0 amide bonds. The Hall–Kier alpha value is -3.40. The maximum absolute atomic E-state index is 14.7. The third-order valence-electron chi connectivity index (χ3n) is 11.7. The molecule has 4 nitrogen and oxygen atoms in total. The van der Waals surface area contributed by atoms with Gasteiger partial charge in [0.15, 0.2) is 23.1 Å². The molecule has 0 unspecified atom stereocenters. The van der Waals surface area contributed by atoms with Crippen LogP contribution in [0.1, 0.15) is 106 Å². The summed E-state index contributed by atoms with van der Waals surface area (Å²) in [6, 6.07) is 11.7. The van der Waals surface area contributed by atoms with Crippen LogP contribution < -0.4 is 0 Å². The van der Waals surface area contributed by atoms with Gasteiger partial charge in [-0.3, -0.25) is 19.2 Å². The molecular formula is C36H40O4. The number of rotatable bonds is 3. The topological polar surface area (TPSA) is 68.3 Å². The van der Waals surface area contributed by atoms with Crippen molar-refractivity contribution >= 4 is 23.1 Å². The number of Topliss-reactive ketones (excluding diaryl/α,β-unsaturated/α-hetero) is 4. The van der Waals surface area contributed by atoms with Crippen LogP contribution in [-0.2, 0) is 9.59 Å². The molecule has 0 bridgehead atoms. The zero-order chi connectivity index (χ0) is 29.7. The predicted octanol–water partition coefficient (Wildman–Crippen LogP) is 8.03. The molecule has 3 aliphatic rings. The van der Waals surface area contributed by atoms with E-state index in [1.807, 2.05) is 52.0 Å². The Kier molecular flexibility index (Phi) is 6.19. The van der Waals surface area contributed by atoms with Gasteiger partial charge in [-0.2, -0.15) is 0 Å². The van der Waals surface area contributed by atoms with Crippen molar-refractivity contribution in [2.24, 2.45) is 22.2 Å². The Balaban J connectivity index is 1.77. The molecule has 2 aromatic carbocycles. The van der Waals surface area contributed by atoms with Crippen LogP contribution in [0.3, 0.4) is 0 Å². The van der Waals surface area contributed by atoms with Gasteiger partial charge in [-0.1, -0.05) is 75.2 Å². The fourth-order valence-electron chi connectivity index (χ4n) is 8.74. The number of fused-ring (bicyclic) bond motifs is 3. The lowest BCUT2D eigenvalue weighted by molar-refractivity contribution is -0.139. The van der Waals surface area contributed by atoms with Gasteiger partial charge >= 0.3 is 0 Å². The minimum Gasteiger partial charge on any atom is -0.295 e. The second-order valence-electron chi connectivity index (χ2n) is 13.2. The third kappa shape index (κ3) is 3.25. The molecule has 0 heterocycles. The molecule has 0 aromatic heterocycles. The van der Waals surface area contributed by atoms with E-state index in [4.69, 9.17) is 0 Å². The first kappa shape index (κ1) is 28.1. The standard InChI is InChI=1S/C36H40O4/c1-18-17-34(8)24(7)35(9)20(3)28-16-15-27(26-13-11-25(12-14-26)22(5)37)19(2)30(28)32(39)31(35)21(4)36(34,10)33(40)29(18)23(6)38/h11-16,20,24H,17H2,1-10H3/t20-,24+,34+,35-,36+/m1/s1. The lowest BCUT2D eigenvalue weighted by Gasteiger charge is -2.64. The van der Waals surface area contributed by atoms with E-state index in [0.29, 0.717) is 23.1 Å². The van der Waals surface area contributed by atoms with E-state index in [1.165, 1.54) is 6.92 Å². The fourth-order valence-corrected chi connectivity index (χ4v) is 8.74. The molecule has 0 saturated heterocycles. The van der Waals surface area contributed by atoms with Crippen LogP contribution in [0.15, 0.2) is 58.7 Å². The molecule has 5 atom stereocenters. The summed E-state index contributed by atoms with van der Waals surface area (Å²) in [7, 11) is 0. The molecule has 0 N–H and O–H groups in total. The van der Waals surface area contributed by atoms with Crippen molar-refractivity contribution in [2.75, 3.05) is 0 Å². The Bertz CT molecular complexity index is 1600. The van der Waals surface area contributed by atoms with Gasteiger partial charge in [-0.05, 0) is 87.5 Å². The molecule has 5 rings (SSSR count). The normalized spacial score (nSPS) is 31.6. The first-order chi connectivity index (χ1) is 18.5. The molecule has 0 fully saturated rings. The molecule has 0 saturated carbocycles. The van der Waals surface area contributed by atoms with E-state index in [0.717, 1.165) is 39.0 Å². The number of allylic oxidation sites excluding steroid dienone is 4. The smallest absolute Gasteiger partial charge is 0.190 e. The van der Waals surface area contributed by atoms with Crippen LogP contribution in [0.25, 0.3) is 11.1 Å². The van der Waals surface area contributed by atoms with E-state index in [-0.39, 0.29) is 35.0 Å². The summed E-state index contributed by atoms with van der Waals surface area (Å²) in [6.45, 7) is 19.7. The predicted molar refractivity (Wildman–Crippen MR) is 159 cm³/mol. The van der Waals surface area contributed by atoms with Crippen molar-refractivity contribution in [3.63, 3.8) is 0 Å². The molecule has 0 spiro atoms. The van der Waals surface area contributed by atoms with E-state index in [2.05, 4.69) is 39.8 Å². The number of carbonyl (C=O) groups is 4. The van der Waals surface area contributed by atoms with E-state index < -0.39 is 16.2 Å². The zero-order valence-electron chi connectivity index (χ0n) is 25.5. The number of hydrogen-bond acceptors (Lipinski definition) is 4. The number of hydrogen-bond donors (Lipinski definition) is 0. The summed E-state index contributed by atoms with van der Waals surface area (Å²) >= 11 is 0. The van der Waals surface area contributed by atoms with Crippen LogP contribution in [0.2, 0.25) is 0 Å².